The van der Waals surface area contributed by atoms with Gasteiger partial charge in [0.2, 0.25) is 0 Å². The maximum absolute atomic E-state index is 12.8. The van der Waals surface area contributed by atoms with Gasteiger partial charge in [-0.1, -0.05) is 0 Å². The summed E-state index contributed by atoms with van der Waals surface area (Å²) >= 11 is 0. The summed E-state index contributed by atoms with van der Waals surface area (Å²) < 4.78 is 24.7. The monoisotopic (exact) mass is 326 g/mol. The Balaban J connectivity index is 2.43. The van der Waals surface area contributed by atoms with Gasteiger partial charge >= 0.3 is 0 Å². The predicted molar refractivity (Wildman–Crippen MR) is 84.9 cm³/mol. The zero-order valence-corrected chi connectivity index (χ0v) is 14.2. The molecular weight excluding hydrogens is 304 g/mol. The molecule has 0 aliphatic carbocycles. The summed E-state index contributed by atoms with van der Waals surface area (Å²) in [5.74, 6) is -0.285. The normalized spacial score (nSPS) is 20.1. The fourth-order valence-electron chi connectivity index (χ4n) is 2.97. The number of aryl methyl sites for hydroxylation is 2. The van der Waals surface area contributed by atoms with E-state index in [0.717, 1.165) is 5.69 Å². The fraction of sp³-hybridized carbons (Fsp3) is 0.600. The molecule has 122 valence electrons. The standard InChI is InChI=1S/C15H22N2O4S/c1-5-17(12-6-7-22(20,21)9-12)15(19)13-10(2)8-11(3)16(4)14(13)18/h8,12H,5-7,9H2,1-4H3. The van der Waals surface area contributed by atoms with Crippen molar-refractivity contribution in [2.75, 3.05) is 18.1 Å². The van der Waals surface area contributed by atoms with Crippen LogP contribution < -0.4 is 5.56 Å². The number of carbonyl (C=O) groups excluding carboxylic acids is 1. The summed E-state index contributed by atoms with van der Waals surface area (Å²) in [6.45, 7) is 5.73. The molecule has 1 saturated heterocycles. The number of amides is 1. The largest absolute Gasteiger partial charge is 0.335 e. The summed E-state index contributed by atoms with van der Waals surface area (Å²) in [4.78, 5) is 26.7. The Morgan fingerprint density at radius 1 is 1.41 bits per heavy atom. The van der Waals surface area contributed by atoms with E-state index in [1.54, 1.807) is 27.0 Å². The Morgan fingerprint density at radius 2 is 2.05 bits per heavy atom. The third kappa shape index (κ3) is 2.95. The smallest absolute Gasteiger partial charge is 0.263 e. The fourth-order valence-corrected chi connectivity index (χ4v) is 4.70. The lowest BCUT2D eigenvalue weighted by atomic mass is 10.1. The quantitative estimate of drug-likeness (QED) is 0.817. The van der Waals surface area contributed by atoms with Crippen LogP contribution in [0.2, 0.25) is 0 Å². The zero-order valence-electron chi connectivity index (χ0n) is 13.4. The SMILES string of the molecule is CCN(C(=O)c1c(C)cc(C)n(C)c1=O)C1CCS(=O)(=O)C1. The number of rotatable bonds is 3. The number of aromatic nitrogens is 1. The second kappa shape index (κ2) is 5.87. The van der Waals surface area contributed by atoms with Crippen LogP contribution in [-0.2, 0) is 16.9 Å². The molecule has 1 amide bonds. The van der Waals surface area contributed by atoms with E-state index in [-0.39, 0.29) is 34.6 Å². The van der Waals surface area contributed by atoms with Gasteiger partial charge < -0.3 is 9.47 Å². The molecule has 0 N–H and O–H groups in total. The summed E-state index contributed by atoms with van der Waals surface area (Å²) in [7, 11) is -1.45. The first kappa shape index (κ1) is 16.7. The summed E-state index contributed by atoms with van der Waals surface area (Å²) in [5.41, 5.74) is 1.22. The second-order valence-corrected chi connectivity index (χ2v) is 8.08. The lowest BCUT2D eigenvalue weighted by Gasteiger charge is -2.27. The van der Waals surface area contributed by atoms with Gasteiger partial charge in [-0.2, -0.15) is 0 Å². The average Bonchev–Trinajstić information content (AvgIpc) is 2.77. The van der Waals surface area contributed by atoms with Crippen LogP contribution in [0.3, 0.4) is 0 Å². The molecule has 1 atom stereocenters. The number of hydrogen-bond acceptors (Lipinski definition) is 4. The summed E-state index contributed by atoms with van der Waals surface area (Å²) in [6, 6.07) is 1.46. The van der Waals surface area contributed by atoms with E-state index in [1.165, 1.54) is 9.47 Å². The predicted octanol–water partition coefficient (Wildman–Crippen LogP) is 0.651. The van der Waals surface area contributed by atoms with Gasteiger partial charge in [0.15, 0.2) is 9.84 Å². The first-order valence-electron chi connectivity index (χ1n) is 7.36. The molecule has 0 radical (unpaired) electrons. The molecule has 0 spiro atoms. The van der Waals surface area contributed by atoms with Crippen LogP contribution in [0.5, 0.6) is 0 Å². The topological polar surface area (TPSA) is 76.5 Å². The highest BCUT2D eigenvalue weighted by Crippen LogP contribution is 2.20. The first-order valence-corrected chi connectivity index (χ1v) is 9.18. The molecule has 6 nitrogen and oxygen atoms in total. The molecule has 7 heteroatoms. The highest BCUT2D eigenvalue weighted by Gasteiger charge is 2.35. The molecule has 1 aromatic rings. The van der Waals surface area contributed by atoms with E-state index in [0.29, 0.717) is 18.5 Å². The van der Waals surface area contributed by atoms with Crippen molar-refractivity contribution in [1.82, 2.24) is 9.47 Å². The maximum Gasteiger partial charge on any atom is 0.263 e. The van der Waals surface area contributed by atoms with Gasteiger partial charge in [0, 0.05) is 25.3 Å². The van der Waals surface area contributed by atoms with E-state index in [4.69, 9.17) is 0 Å². The molecule has 1 fully saturated rings. The van der Waals surface area contributed by atoms with E-state index < -0.39 is 9.84 Å². The van der Waals surface area contributed by atoms with Crippen molar-refractivity contribution in [2.45, 2.75) is 33.2 Å². The molecule has 1 unspecified atom stereocenters. The van der Waals surface area contributed by atoms with Crippen molar-refractivity contribution in [3.63, 3.8) is 0 Å². The van der Waals surface area contributed by atoms with E-state index in [9.17, 15) is 18.0 Å². The minimum Gasteiger partial charge on any atom is -0.335 e. The van der Waals surface area contributed by atoms with Gasteiger partial charge in [-0.3, -0.25) is 9.59 Å². The number of nitrogens with zero attached hydrogens (tertiary/aromatic N) is 2. The van der Waals surface area contributed by atoms with Gasteiger partial charge in [0.1, 0.15) is 5.56 Å². The van der Waals surface area contributed by atoms with E-state index >= 15 is 0 Å². The number of hydrogen-bond donors (Lipinski definition) is 0. The van der Waals surface area contributed by atoms with Gasteiger partial charge in [-0.05, 0) is 38.8 Å². The zero-order chi connectivity index (χ0) is 16.7. The number of sulfone groups is 1. The molecule has 22 heavy (non-hydrogen) atoms. The molecule has 0 aromatic carbocycles. The van der Waals surface area contributed by atoms with Crippen molar-refractivity contribution in [3.8, 4) is 0 Å². The van der Waals surface area contributed by atoms with Crippen LogP contribution in [0.1, 0.15) is 35.0 Å². The lowest BCUT2D eigenvalue weighted by molar-refractivity contribution is 0.0705. The molecule has 0 bridgehead atoms. The molecule has 0 saturated carbocycles. The van der Waals surface area contributed by atoms with Crippen LogP contribution in [0.25, 0.3) is 0 Å². The van der Waals surface area contributed by atoms with E-state index in [2.05, 4.69) is 0 Å². The van der Waals surface area contributed by atoms with Crippen molar-refractivity contribution in [3.05, 3.63) is 33.2 Å². The van der Waals surface area contributed by atoms with Gasteiger partial charge in [-0.15, -0.1) is 0 Å². The van der Waals surface area contributed by atoms with Gasteiger partial charge in [-0.25, -0.2) is 8.42 Å². The molecule has 1 aliphatic heterocycles. The van der Waals surface area contributed by atoms with Gasteiger partial charge in [0.05, 0.1) is 11.5 Å². The van der Waals surface area contributed by atoms with Crippen LogP contribution in [0, 0.1) is 13.8 Å². The average molecular weight is 326 g/mol. The highest BCUT2D eigenvalue weighted by atomic mass is 32.2. The summed E-state index contributed by atoms with van der Waals surface area (Å²) in [6.07, 6.45) is 0.438. The minimum atomic E-state index is -3.08. The van der Waals surface area contributed by atoms with Gasteiger partial charge in [0.25, 0.3) is 11.5 Å². The van der Waals surface area contributed by atoms with Crippen molar-refractivity contribution in [1.29, 1.82) is 0 Å². The minimum absolute atomic E-state index is 0.0161. The maximum atomic E-state index is 12.8. The third-order valence-electron chi connectivity index (χ3n) is 4.33. The first-order chi connectivity index (χ1) is 10.2. The molecule has 1 aliphatic rings. The summed E-state index contributed by atoms with van der Waals surface area (Å²) in [5, 5.41) is 0. The van der Waals surface area contributed by atoms with Crippen LogP contribution in [-0.4, -0.2) is 47.9 Å². The Morgan fingerprint density at radius 3 is 2.55 bits per heavy atom. The van der Waals surface area contributed by atoms with Crippen molar-refractivity contribution >= 4 is 15.7 Å². The Labute approximate surface area is 130 Å². The lowest BCUT2D eigenvalue weighted by Crippen LogP contribution is -2.44. The second-order valence-electron chi connectivity index (χ2n) is 5.86. The Kier molecular flexibility index (Phi) is 4.47. The number of carbonyl (C=O) groups is 1. The number of pyridine rings is 1. The van der Waals surface area contributed by atoms with Crippen LogP contribution in [0.15, 0.2) is 10.9 Å². The van der Waals surface area contributed by atoms with Crippen LogP contribution in [0.4, 0.5) is 0 Å². The third-order valence-corrected chi connectivity index (χ3v) is 6.08. The van der Waals surface area contributed by atoms with Crippen molar-refractivity contribution in [2.24, 2.45) is 7.05 Å². The van der Waals surface area contributed by atoms with E-state index in [1.807, 2.05) is 6.92 Å². The van der Waals surface area contributed by atoms with Crippen LogP contribution >= 0.6 is 0 Å². The Hall–Kier alpha value is -1.63. The molecule has 1 aromatic heterocycles. The highest BCUT2D eigenvalue weighted by molar-refractivity contribution is 7.91. The Bertz CT molecular complexity index is 764. The molecule has 2 rings (SSSR count). The molecular formula is C15H22N2O4S. The molecule has 2 heterocycles. The van der Waals surface area contributed by atoms with Crippen molar-refractivity contribution < 1.29 is 13.2 Å².